The van der Waals surface area contributed by atoms with Gasteiger partial charge >= 0.3 is 0 Å². The van der Waals surface area contributed by atoms with Gasteiger partial charge in [0.15, 0.2) is 23.8 Å². The van der Waals surface area contributed by atoms with E-state index in [4.69, 9.17) is 10.5 Å². The number of hydrogen-bond donors (Lipinski definition) is 3. The minimum Gasteiger partial charge on any atom is -0.387 e. The van der Waals surface area contributed by atoms with E-state index in [-0.39, 0.29) is 11.7 Å². The van der Waals surface area contributed by atoms with Crippen molar-refractivity contribution in [3.8, 4) is 0 Å². The molecule has 2 aliphatic carbocycles. The lowest BCUT2D eigenvalue weighted by Gasteiger charge is -2.27. The van der Waals surface area contributed by atoms with Gasteiger partial charge in [0, 0.05) is 13.1 Å². The van der Waals surface area contributed by atoms with E-state index in [1.165, 1.54) is 35.6 Å². The second-order valence-electron chi connectivity index (χ2n) is 9.10. The molecule has 172 valence electrons. The Bertz CT molecular complexity index is 1020. The van der Waals surface area contributed by atoms with Crippen LogP contribution in [0.5, 0.6) is 0 Å². The van der Waals surface area contributed by atoms with E-state index in [0.29, 0.717) is 30.2 Å². The van der Waals surface area contributed by atoms with Crippen LogP contribution in [0.1, 0.15) is 51.2 Å². The first-order valence-corrected chi connectivity index (χ1v) is 11.4. The van der Waals surface area contributed by atoms with E-state index in [2.05, 4.69) is 21.0 Å². The highest BCUT2D eigenvalue weighted by Crippen LogP contribution is 2.35. The molecule has 5 rings (SSSR count). The number of carbonyl (C=O) groups is 1. The molecule has 1 aliphatic heterocycles. The molecule has 2 aromatic rings. The predicted molar refractivity (Wildman–Crippen MR) is 116 cm³/mol. The summed E-state index contributed by atoms with van der Waals surface area (Å²) >= 11 is 0. The van der Waals surface area contributed by atoms with Crippen molar-refractivity contribution in [2.24, 2.45) is 5.92 Å². The van der Waals surface area contributed by atoms with Gasteiger partial charge in [-0.25, -0.2) is 15.0 Å². The number of nitrogen functional groups attached to an aromatic ring is 1. The Morgan fingerprint density at radius 3 is 2.81 bits per heavy atom. The molecule has 32 heavy (non-hydrogen) atoms. The summed E-state index contributed by atoms with van der Waals surface area (Å²) in [6.45, 7) is 1.27. The zero-order valence-electron chi connectivity index (χ0n) is 18.0. The normalized spacial score (nSPS) is 28.1. The molecule has 1 amide bonds. The Morgan fingerprint density at radius 2 is 2.06 bits per heavy atom. The Labute approximate surface area is 186 Å². The number of carbonyl (C=O) groups excluding carboxylic acids is 1. The molecule has 0 radical (unpaired) electrons. The molecule has 4 N–H and O–H groups in total. The minimum atomic E-state index is -1.35. The number of allylic oxidation sites excluding steroid dienone is 1. The van der Waals surface area contributed by atoms with E-state index >= 15 is 0 Å². The number of anilines is 1. The van der Waals surface area contributed by atoms with Crippen molar-refractivity contribution in [3.05, 3.63) is 24.3 Å². The van der Waals surface area contributed by atoms with Crippen molar-refractivity contribution in [2.75, 3.05) is 18.8 Å². The zero-order valence-corrected chi connectivity index (χ0v) is 18.0. The van der Waals surface area contributed by atoms with Crippen LogP contribution in [0.4, 0.5) is 5.82 Å². The number of aliphatic hydroxyl groups is 2. The van der Waals surface area contributed by atoms with Gasteiger partial charge in [-0.15, -0.1) is 0 Å². The van der Waals surface area contributed by atoms with Crippen LogP contribution >= 0.6 is 0 Å². The fourth-order valence-electron chi connectivity index (χ4n) is 4.64. The third-order valence-corrected chi connectivity index (χ3v) is 6.72. The first-order chi connectivity index (χ1) is 15.5. The van der Waals surface area contributed by atoms with Crippen LogP contribution in [-0.2, 0) is 9.53 Å². The van der Waals surface area contributed by atoms with Crippen LogP contribution in [0.25, 0.3) is 11.2 Å². The number of hydrogen-bond acceptors (Lipinski definition) is 8. The summed E-state index contributed by atoms with van der Waals surface area (Å²) in [6.07, 6.45) is 7.94. The minimum absolute atomic E-state index is 0.210. The van der Waals surface area contributed by atoms with Gasteiger partial charge < -0.3 is 25.6 Å². The van der Waals surface area contributed by atoms with Crippen molar-refractivity contribution in [3.63, 3.8) is 0 Å². The molecule has 4 atom stereocenters. The quantitative estimate of drug-likeness (QED) is 0.543. The van der Waals surface area contributed by atoms with Crippen molar-refractivity contribution < 1.29 is 19.7 Å². The summed E-state index contributed by atoms with van der Waals surface area (Å²) in [6, 6.07) is 0. The Hall–Kier alpha value is -2.56. The van der Waals surface area contributed by atoms with E-state index in [1.807, 2.05) is 4.90 Å². The number of amides is 1. The summed E-state index contributed by atoms with van der Waals surface area (Å²) in [4.78, 5) is 27.5. The van der Waals surface area contributed by atoms with Crippen molar-refractivity contribution in [2.45, 2.75) is 69.5 Å². The second kappa shape index (κ2) is 8.76. The smallest absolute Gasteiger partial charge is 0.254 e. The highest BCUT2D eigenvalue weighted by Gasteiger charge is 2.49. The summed E-state index contributed by atoms with van der Waals surface area (Å²) < 4.78 is 7.42. The van der Waals surface area contributed by atoms with Crippen molar-refractivity contribution >= 4 is 22.9 Å². The lowest BCUT2D eigenvalue weighted by molar-refractivity contribution is -0.148. The fraction of sp³-hybridized carbons (Fsp3) is 0.636. The van der Waals surface area contributed by atoms with Gasteiger partial charge in [-0.2, -0.15) is 0 Å². The van der Waals surface area contributed by atoms with Crippen LogP contribution in [0, 0.1) is 5.92 Å². The summed E-state index contributed by atoms with van der Waals surface area (Å²) in [5, 5.41) is 21.4. The number of imidazole rings is 1. The monoisotopic (exact) mass is 442 g/mol. The molecular weight excluding hydrogens is 412 g/mol. The van der Waals surface area contributed by atoms with Gasteiger partial charge in [-0.3, -0.25) is 9.36 Å². The van der Waals surface area contributed by atoms with Crippen LogP contribution < -0.4 is 5.73 Å². The predicted octanol–water partition coefficient (Wildman–Crippen LogP) is 1.16. The highest BCUT2D eigenvalue weighted by molar-refractivity contribution is 5.83. The highest BCUT2D eigenvalue weighted by atomic mass is 16.6. The molecular formula is C22H30N6O4. The lowest BCUT2D eigenvalue weighted by atomic mass is 9.97. The third kappa shape index (κ3) is 4.10. The molecule has 0 unspecified atom stereocenters. The number of fused-ring (bicyclic) bond motifs is 1. The first-order valence-electron chi connectivity index (χ1n) is 11.4. The summed E-state index contributed by atoms with van der Waals surface area (Å²) in [5.74, 6) is 0.443. The van der Waals surface area contributed by atoms with Crippen LogP contribution in [0.2, 0.25) is 0 Å². The topological polar surface area (TPSA) is 140 Å². The number of aromatic nitrogens is 4. The Balaban J connectivity index is 1.33. The van der Waals surface area contributed by atoms with E-state index in [9.17, 15) is 15.0 Å². The van der Waals surface area contributed by atoms with E-state index in [0.717, 1.165) is 32.1 Å². The van der Waals surface area contributed by atoms with Gasteiger partial charge in [0.1, 0.15) is 24.1 Å². The average Bonchev–Trinajstić information content (AvgIpc) is 3.45. The van der Waals surface area contributed by atoms with Crippen LogP contribution in [0.15, 0.2) is 24.3 Å². The molecule has 1 saturated carbocycles. The Kier molecular flexibility index (Phi) is 5.83. The molecule has 3 heterocycles. The molecule has 3 aliphatic rings. The fourth-order valence-corrected chi connectivity index (χ4v) is 4.64. The van der Waals surface area contributed by atoms with Crippen LogP contribution in [-0.4, -0.2) is 71.9 Å². The van der Waals surface area contributed by atoms with Crippen molar-refractivity contribution in [1.82, 2.24) is 24.4 Å². The molecule has 2 aromatic heterocycles. The number of nitrogens with two attached hydrogens (primary N) is 1. The average molecular weight is 443 g/mol. The zero-order chi connectivity index (χ0) is 22.2. The third-order valence-electron chi connectivity index (χ3n) is 6.72. The first kappa shape index (κ1) is 21.3. The maximum atomic E-state index is 13.4. The van der Waals surface area contributed by atoms with Gasteiger partial charge in [0.05, 0.1) is 6.33 Å². The van der Waals surface area contributed by atoms with Gasteiger partial charge in [0.2, 0.25) is 0 Å². The molecule has 10 nitrogen and oxygen atoms in total. The number of nitrogens with zero attached hydrogens (tertiary/aromatic N) is 5. The number of ether oxygens (including phenoxy) is 1. The SMILES string of the molecule is Nc1ncnc2c1ncn2[C@@H]1O[C@H](C(=O)N(CCC2=CCCCC2)CC2CC2)[C@@H](O)[C@H]1O. The maximum absolute atomic E-state index is 13.4. The summed E-state index contributed by atoms with van der Waals surface area (Å²) in [5.41, 5.74) is 8.00. The van der Waals surface area contributed by atoms with Gasteiger partial charge in [-0.1, -0.05) is 11.6 Å². The molecule has 0 aromatic carbocycles. The molecule has 0 bridgehead atoms. The summed E-state index contributed by atoms with van der Waals surface area (Å²) in [7, 11) is 0. The van der Waals surface area contributed by atoms with E-state index < -0.39 is 24.5 Å². The lowest BCUT2D eigenvalue weighted by Crippen LogP contribution is -2.46. The van der Waals surface area contributed by atoms with Crippen molar-refractivity contribution in [1.29, 1.82) is 0 Å². The second-order valence-corrected chi connectivity index (χ2v) is 9.10. The maximum Gasteiger partial charge on any atom is 0.254 e. The largest absolute Gasteiger partial charge is 0.387 e. The van der Waals surface area contributed by atoms with Gasteiger partial charge in [0.25, 0.3) is 5.91 Å². The van der Waals surface area contributed by atoms with Crippen LogP contribution in [0.3, 0.4) is 0 Å². The number of rotatable bonds is 7. The molecule has 2 fully saturated rings. The molecule has 0 spiro atoms. The molecule has 1 saturated heterocycles. The van der Waals surface area contributed by atoms with Gasteiger partial charge in [-0.05, 0) is 50.9 Å². The van der Waals surface area contributed by atoms with E-state index in [1.54, 1.807) is 0 Å². The standard InChI is InChI=1S/C22H30N6O4/c23-19-15-20(25-11-24-19)28(12-26-15)22-17(30)16(29)18(32-22)21(31)27(10-14-6-7-14)9-8-13-4-2-1-3-5-13/h4,11-12,14,16-18,22,29-30H,1-3,5-10H2,(H2,23,24,25)/t16-,17+,18-,22+/m0/s1. The Morgan fingerprint density at radius 1 is 1.22 bits per heavy atom. The molecule has 10 heteroatoms. The number of aliphatic hydroxyl groups excluding tert-OH is 2.